The van der Waals surface area contributed by atoms with Gasteiger partial charge in [-0.25, -0.2) is 9.97 Å². The molecule has 0 fully saturated rings. The zero-order valence-corrected chi connectivity index (χ0v) is 28.6. The van der Waals surface area contributed by atoms with E-state index >= 15 is 0 Å². The Morgan fingerprint density at radius 1 is 0.358 bits per heavy atom. The highest BCUT2D eigenvalue weighted by Gasteiger charge is 2.18. The zero-order valence-electron chi connectivity index (χ0n) is 28.6. The summed E-state index contributed by atoms with van der Waals surface area (Å²) >= 11 is 0. The normalized spacial score (nSPS) is 11.4. The molecule has 3 heterocycles. The lowest BCUT2D eigenvalue weighted by molar-refractivity contribution is 0.673. The molecule has 0 atom stereocenters. The molecule has 248 valence electrons. The lowest BCUT2D eigenvalue weighted by Crippen LogP contribution is -1.95. The lowest BCUT2D eigenvalue weighted by Gasteiger charge is -2.12. The summed E-state index contributed by atoms with van der Waals surface area (Å²) in [6, 6.07) is 63.1. The van der Waals surface area contributed by atoms with Crippen molar-refractivity contribution in [3.8, 4) is 67.4 Å². The van der Waals surface area contributed by atoms with Crippen LogP contribution >= 0.6 is 0 Å². The molecule has 10 rings (SSSR count). The number of furan rings is 1. The van der Waals surface area contributed by atoms with Crippen LogP contribution in [0.5, 0.6) is 0 Å². The molecule has 3 aromatic heterocycles. The van der Waals surface area contributed by atoms with E-state index in [-0.39, 0.29) is 0 Å². The molecule has 0 aliphatic carbocycles. The molecule has 4 heteroatoms. The maximum atomic E-state index is 6.59. The predicted molar refractivity (Wildman–Crippen MR) is 217 cm³/mol. The van der Waals surface area contributed by atoms with Gasteiger partial charge < -0.3 is 4.42 Å². The maximum Gasteiger partial charge on any atom is 0.160 e. The average Bonchev–Trinajstić information content (AvgIpc) is 3.63. The fraction of sp³-hybridized carbons (Fsp3) is 0. The van der Waals surface area contributed by atoms with E-state index in [0.717, 1.165) is 94.3 Å². The van der Waals surface area contributed by atoms with Gasteiger partial charge in [-0.15, -0.1) is 0 Å². The quantitative estimate of drug-likeness (QED) is 0.176. The van der Waals surface area contributed by atoms with E-state index < -0.39 is 0 Å². The number of fused-ring (bicyclic) bond motifs is 5. The minimum absolute atomic E-state index is 0.709. The summed E-state index contributed by atoms with van der Waals surface area (Å²) < 4.78 is 6.59. The van der Waals surface area contributed by atoms with Crippen molar-refractivity contribution in [3.05, 3.63) is 188 Å². The lowest BCUT2D eigenvalue weighted by atomic mass is 9.92. The first-order valence-electron chi connectivity index (χ1n) is 17.8. The van der Waals surface area contributed by atoms with Crippen LogP contribution in [0.2, 0.25) is 0 Å². The summed E-state index contributed by atoms with van der Waals surface area (Å²) in [6.45, 7) is 0. The number of aromatic nitrogens is 3. The van der Waals surface area contributed by atoms with Gasteiger partial charge in [0.15, 0.2) is 5.82 Å². The molecule has 0 aliphatic rings. The number of rotatable bonds is 6. The Hall–Kier alpha value is -7.17. The van der Waals surface area contributed by atoms with Crippen LogP contribution in [-0.2, 0) is 0 Å². The topological polar surface area (TPSA) is 51.8 Å². The van der Waals surface area contributed by atoms with Crippen molar-refractivity contribution in [2.45, 2.75) is 0 Å². The number of benzene rings is 7. The molecule has 0 N–H and O–H groups in total. The highest BCUT2D eigenvalue weighted by molar-refractivity contribution is 6.22. The summed E-state index contributed by atoms with van der Waals surface area (Å²) in [6.07, 6.45) is 1.84. The molecule has 53 heavy (non-hydrogen) atoms. The van der Waals surface area contributed by atoms with E-state index in [9.17, 15) is 0 Å². The van der Waals surface area contributed by atoms with Gasteiger partial charge in [-0.1, -0.05) is 146 Å². The van der Waals surface area contributed by atoms with Gasteiger partial charge in [0.25, 0.3) is 0 Å². The summed E-state index contributed by atoms with van der Waals surface area (Å²) in [4.78, 5) is 14.7. The standard InChI is InChI=1S/C49H31N3O/c1-3-13-33(14-4-1)44-31-45(52-49(51-44)35-15-5-2-6-16-35)34-26-24-32(25-27-34)36-17-11-18-37(29-36)41-30-42-47-40(43-22-9-10-28-50-43)21-12-23-46(47)53-48(42)39-20-8-7-19-38(39)41/h1-31H. The molecule has 10 aromatic rings. The van der Waals surface area contributed by atoms with E-state index in [1.165, 1.54) is 0 Å². The number of hydrogen-bond donors (Lipinski definition) is 0. The van der Waals surface area contributed by atoms with E-state index in [1.807, 2.05) is 66.9 Å². The van der Waals surface area contributed by atoms with Gasteiger partial charge in [0, 0.05) is 44.6 Å². The molecular weight excluding hydrogens is 647 g/mol. The highest BCUT2D eigenvalue weighted by atomic mass is 16.3. The minimum Gasteiger partial charge on any atom is -0.455 e. The van der Waals surface area contributed by atoms with Crippen molar-refractivity contribution in [3.63, 3.8) is 0 Å². The van der Waals surface area contributed by atoms with Crippen molar-refractivity contribution in [2.75, 3.05) is 0 Å². The second kappa shape index (κ2) is 12.9. The van der Waals surface area contributed by atoms with Gasteiger partial charge in [0.05, 0.1) is 17.1 Å². The third-order valence-electron chi connectivity index (χ3n) is 9.96. The fourth-order valence-electron chi connectivity index (χ4n) is 7.39. The van der Waals surface area contributed by atoms with Gasteiger partial charge in [0.2, 0.25) is 0 Å². The second-order valence-electron chi connectivity index (χ2n) is 13.2. The average molecular weight is 678 g/mol. The summed E-state index contributed by atoms with van der Waals surface area (Å²) in [5.41, 5.74) is 13.2. The van der Waals surface area contributed by atoms with Crippen LogP contribution in [0.4, 0.5) is 0 Å². The van der Waals surface area contributed by atoms with Crippen LogP contribution in [0.3, 0.4) is 0 Å². The molecule has 0 aliphatic heterocycles. The molecule has 0 radical (unpaired) electrons. The third kappa shape index (κ3) is 5.54. The second-order valence-corrected chi connectivity index (χ2v) is 13.2. The highest BCUT2D eigenvalue weighted by Crippen LogP contribution is 2.43. The van der Waals surface area contributed by atoms with Crippen molar-refractivity contribution in [1.29, 1.82) is 0 Å². The van der Waals surface area contributed by atoms with Crippen LogP contribution < -0.4 is 0 Å². The smallest absolute Gasteiger partial charge is 0.160 e. The minimum atomic E-state index is 0.709. The molecule has 0 amide bonds. The largest absolute Gasteiger partial charge is 0.455 e. The first kappa shape index (κ1) is 30.6. The predicted octanol–water partition coefficient (Wildman–Crippen LogP) is 12.9. The van der Waals surface area contributed by atoms with Crippen LogP contribution in [-0.4, -0.2) is 15.0 Å². The fourth-order valence-corrected chi connectivity index (χ4v) is 7.39. The zero-order chi connectivity index (χ0) is 35.1. The van der Waals surface area contributed by atoms with Crippen molar-refractivity contribution < 1.29 is 4.42 Å². The first-order valence-corrected chi connectivity index (χ1v) is 17.8. The van der Waals surface area contributed by atoms with Crippen LogP contribution in [0.1, 0.15) is 0 Å². The van der Waals surface area contributed by atoms with Crippen molar-refractivity contribution in [2.24, 2.45) is 0 Å². The Kier molecular flexibility index (Phi) is 7.43. The molecule has 0 bridgehead atoms. The summed E-state index contributed by atoms with van der Waals surface area (Å²) in [5, 5.41) is 4.40. The Morgan fingerprint density at radius 3 is 1.74 bits per heavy atom. The van der Waals surface area contributed by atoms with Crippen LogP contribution in [0.25, 0.3) is 100 Å². The monoisotopic (exact) mass is 677 g/mol. The SMILES string of the molecule is c1ccc(-c2cc(-c3ccc(-c4cccc(-c5cc6c(oc7cccc(-c8ccccn8)c76)c6ccccc56)c4)cc3)nc(-c3ccccc3)n2)cc1. The van der Waals surface area contributed by atoms with Crippen molar-refractivity contribution in [1.82, 2.24) is 15.0 Å². The molecule has 4 nitrogen and oxygen atoms in total. The molecule has 0 spiro atoms. The summed E-state index contributed by atoms with van der Waals surface area (Å²) in [7, 11) is 0. The van der Waals surface area contributed by atoms with Gasteiger partial charge in [-0.05, 0) is 64.0 Å². The van der Waals surface area contributed by atoms with E-state index in [4.69, 9.17) is 14.4 Å². The Balaban J connectivity index is 1.07. The van der Waals surface area contributed by atoms with E-state index in [1.54, 1.807) is 0 Å². The van der Waals surface area contributed by atoms with E-state index in [2.05, 4.69) is 126 Å². The Labute approximate surface area is 306 Å². The van der Waals surface area contributed by atoms with Gasteiger partial charge in [-0.2, -0.15) is 0 Å². The number of hydrogen-bond acceptors (Lipinski definition) is 4. The molecule has 0 unspecified atom stereocenters. The third-order valence-corrected chi connectivity index (χ3v) is 9.96. The molecule has 7 aromatic carbocycles. The molecule has 0 saturated carbocycles. The maximum absolute atomic E-state index is 6.59. The molecule has 0 saturated heterocycles. The number of nitrogens with zero attached hydrogens (tertiary/aromatic N) is 3. The van der Waals surface area contributed by atoms with E-state index in [0.29, 0.717) is 5.82 Å². The Morgan fingerprint density at radius 2 is 0.981 bits per heavy atom. The first-order chi connectivity index (χ1) is 26.3. The summed E-state index contributed by atoms with van der Waals surface area (Å²) in [5.74, 6) is 0.709. The van der Waals surface area contributed by atoms with Gasteiger partial charge >= 0.3 is 0 Å². The van der Waals surface area contributed by atoms with Gasteiger partial charge in [0.1, 0.15) is 11.2 Å². The van der Waals surface area contributed by atoms with Crippen LogP contribution in [0.15, 0.2) is 193 Å². The van der Waals surface area contributed by atoms with Gasteiger partial charge in [-0.3, -0.25) is 4.98 Å². The number of pyridine rings is 1. The molecular formula is C49H31N3O. The Bertz CT molecular complexity index is 2860. The van der Waals surface area contributed by atoms with Crippen molar-refractivity contribution >= 4 is 32.7 Å². The van der Waals surface area contributed by atoms with Crippen LogP contribution in [0, 0.1) is 0 Å².